The molecule has 132 valence electrons. The molecule has 4 aromatic heterocycles. The molecule has 0 saturated carbocycles. The lowest BCUT2D eigenvalue weighted by molar-refractivity contribution is 0.473. The van der Waals surface area contributed by atoms with Gasteiger partial charge in [0.25, 0.3) is 5.56 Å². The van der Waals surface area contributed by atoms with Crippen molar-refractivity contribution in [3.05, 3.63) is 63.7 Å². The van der Waals surface area contributed by atoms with Crippen LogP contribution < -0.4 is 11.2 Å². The molecule has 0 amide bonds. The van der Waals surface area contributed by atoms with Crippen LogP contribution in [0.2, 0.25) is 0 Å². The van der Waals surface area contributed by atoms with E-state index in [4.69, 9.17) is 4.42 Å². The molecule has 4 heterocycles. The monoisotopic (exact) mass is 352 g/mol. The zero-order valence-electron chi connectivity index (χ0n) is 13.8. The van der Waals surface area contributed by atoms with Crippen LogP contribution in [0, 0.1) is 0 Å². The Morgan fingerprint density at radius 1 is 1.12 bits per heavy atom. The maximum absolute atomic E-state index is 12.3. The number of unbranched alkanes of at least 4 members (excludes halogenated alkanes) is 1. The number of hydrogen-bond donors (Lipinski definition) is 2. The Kier molecular flexibility index (Phi) is 4.18. The first-order valence-corrected chi connectivity index (χ1v) is 8.24. The number of aryl methyl sites for hydroxylation is 1. The molecule has 0 saturated heterocycles. The highest BCUT2D eigenvalue weighted by molar-refractivity contribution is 5.67. The summed E-state index contributed by atoms with van der Waals surface area (Å²) < 4.78 is 6.64. The molecule has 0 radical (unpaired) electrons. The second-order valence-corrected chi connectivity index (χ2v) is 5.81. The lowest BCUT2D eigenvalue weighted by atomic mass is 10.2. The van der Waals surface area contributed by atoms with Gasteiger partial charge >= 0.3 is 5.69 Å². The Labute approximate surface area is 146 Å². The van der Waals surface area contributed by atoms with Crippen molar-refractivity contribution in [2.75, 3.05) is 0 Å². The average molecular weight is 352 g/mol. The summed E-state index contributed by atoms with van der Waals surface area (Å²) in [7, 11) is 0. The van der Waals surface area contributed by atoms with Gasteiger partial charge in [0.15, 0.2) is 11.5 Å². The Morgan fingerprint density at radius 3 is 2.88 bits per heavy atom. The second kappa shape index (κ2) is 6.79. The number of imidazole rings is 1. The predicted molar refractivity (Wildman–Crippen MR) is 93.6 cm³/mol. The SMILES string of the molecule is O=c1[nH]c2nc[nH]c2c(=O)n1CCCCc1nc(-c2ccccn2)co1. The number of aromatic nitrogens is 6. The molecule has 0 aliphatic carbocycles. The van der Waals surface area contributed by atoms with E-state index in [1.807, 2.05) is 18.2 Å². The van der Waals surface area contributed by atoms with Crippen LogP contribution in [0.1, 0.15) is 18.7 Å². The summed E-state index contributed by atoms with van der Waals surface area (Å²) in [5.74, 6) is 0.607. The Bertz CT molecular complexity index is 1140. The molecule has 9 nitrogen and oxygen atoms in total. The van der Waals surface area contributed by atoms with Gasteiger partial charge in [-0.1, -0.05) is 6.07 Å². The molecule has 0 unspecified atom stereocenters. The fourth-order valence-corrected chi connectivity index (χ4v) is 2.75. The van der Waals surface area contributed by atoms with Crippen LogP contribution in [0.4, 0.5) is 0 Å². The van der Waals surface area contributed by atoms with Crippen molar-refractivity contribution in [2.24, 2.45) is 0 Å². The fraction of sp³-hybridized carbons (Fsp3) is 0.235. The maximum atomic E-state index is 12.3. The van der Waals surface area contributed by atoms with E-state index in [2.05, 4.69) is 24.9 Å². The van der Waals surface area contributed by atoms with Gasteiger partial charge in [0.1, 0.15) is 17.5 Å². The quantitative estimate of drug-likeness (QED) is 0.507. The number of oxazole rings is 1. The van der Waals surface area contributed by atoms with Crippen LogP contribution >= 0.6 is 0 Å². The van der Waals surface area contributed by atoms with Crippen LogP contribution in [0.5, 0.6) is 0 Å². The third-order valence-corrected chi connectivity index (χ3v) is 4.07. The smallest absolute Gasteiger partial charge is 0.330 e. The number of fused-ring (bicyclic) bond motifs is 1. The molecule has 0 fully saturated rings. The number of hydrogen-bond acceptors (Lipinski definition) is 6. The molecule has 4 rings (SSSR count). The minimum absolute atomic E-state index is 0.276. The summed E-state index contributed by atoms with van der Waals surface area (Å²) in [6.07, 6.45) is 6.66. The lowest BCUT2D eigenvalue weighted by Crippen LogP contribution is -2.35. The van der Waals surface area contributed by atoms with Crippen molar-refractivity contribution in [3.63, 3.8) is 0 Å². The Balaban J connectivity index is 1.38. The summed E-state index contributed by atoms with van der Waals surface area (Å²) in [6, 6.07) is 5.60. The van der Waals surface area contributed by atoms with Crippen LogP contribution in [0.25, 0.3) is 22.6 Å². The van der Waals surface area contributed by atoms with Gasteiger partial charge in [-0.15, -0.1) is 0 Å². The Morgan fingerprint density at radius 2 is 2.04 bits per heavy atom. The van der Waals surface area contributed by atoms with E-state index in [9.17, 15) is 9.59 Å². The molecule has 9 heteroatoms. The highest BCUT2D eigenvalue weighted by Gasteiger charge is 2.10. The van der Waals surface area contributed by atoms with Crippen molar-refractivity contribution in [1.82, 2.24) is 29.5 Å². The highest BCUT2D eigenvalue weighted by Crippen LogP contribution is 2.16. The van der Waals surface area contributed by atoms with Gasteiger partial charge in [-0.3, -0.25) is 19.3 Å². The van der Waals surface area contributed by atoms with Crippen molar-refractivity contribution in [1.29, 1.82) is 0 Å². The van der Waals surface area contributed by atoms with Crippen LogP contribution in [0.3, 0.4) is 0 Å². The summed E-state index contributed by atoms with van der Waals surface area (Å²) >= 11 is 0. The molecule has 0 atom stereocenters. The number of nitrogens with one attached hydrogen (secondary N) is 2. The molecule has 0 bridgehead atoms. The topological polar surface area (TPSA) is 122 Å². The number of rotatable bonds is 6. The first kappa shape index (κ1) is 16.0. The fourth-order valence-electron chi connectivity index (χ4n) is 2.75. The van der Waals surface area contributed by atoms with Crippen LogP contribution in [-0.4, -0.2) is 29.5 Å². The van der Waals surface area contributed by atoms with E-state index >= 15 is 0 Å². The van der Waals surface area contributed by atoms with Crippen molar-refractivity contribution in [3.8, 4) is 11.4 Å². The number of H-pyrrole nitrogens is 2. The van der Waals surface area contributed by atoms with E-state index in [0.717, 1.165) is 12.1 Å². The lowest BCUT2D eigenvalue weighted by Gasteiger charge is -2.03. The molecular weight excluding hydrogens is 336 g/mol. The Hall–Kier alpha value is -3.49. The summed E-state index contributed by atoms with van der Waals surface area (Å²) in [6.45, 7) is 0.316. The molecule has 26 heavy (non-hydrogen) atoms. The maximum Gasteiger partial charge on any atom is 0.330 e. The first-order chi connectivity index (χ1) is 12.7. The van der Waals surface area contributed by atoms with Gasteiger partial charge < -0.3 is 9.40 Å². The number of pyridine rings is 1. The van der Waals surface area contributed by atoms with E-state index < -0.39 is 5.69 Å². The van der Waals surface area contributed by atoms with Crippen molar-refractivity contribution < 1.29 is 4.42 Å². The van der Waals surface area contributed by atoms with Gasteiger partial charge in [0.2, 0.25) is 0 Å². The van der Waals surface area contributed by atoms with Gasteiger partial charge in [-0.25, -0.2) is 14.8 Å². The summed E-state index contributed by atoms with van der Waals surface area (Å²) in [5, 5.41) is 0. The number of nitrogens with zero attached hydrogens (tertiary/aromatic N) is 4. The van der Waals surface area contributed by atoms with E-state index in [0.29, 0.717) is 36.5 Å². The van der Waals surface area contributed by atoms with E-state index in [1.54, 1.807) is 12.5 Å². The average Bonchev–Trinajstić information content (AvgIpc) is 3.31. The van der Waals surface area contributed by atoms with Gasteiger partial charge in [0, 0.05) is 19.2 Å². The van der Waals surface area contributed by atoms with Crippen LogP contribution in [0.15, 0.2) is 51.0 Å². The minimum atomic E-state index is -0.455. The third kappa shape index (κ3) is 3.06. The highest BCUT2D eigenvalue weighted by atomic mass is 16.3. The normalized spacial score (nSPS) is 11.2. The van der Waals surface area contributed by atoms with Crippen molar-refractivity contribution in [2.45, 2.75) is 25.8 Å². The second-order valence-electron chi connectivity index (χ2n) is 5.81. The largest absolute Gasteiger partial charge is 0.448 e. The standard InChI is InChI=1S/C17H16N6O3/c24-16-14-15(20-10-19-14)22-17(25)23(16)8-4-2-6-13-21-12(9-26-13)11-5-1-3-7-18-11/h1,3,5,7,9-10H,2,4,6,8H2,(H,19,20)(H,22,25). The van der Waals surface area contributed by atoms with E-state index in [1.165, 1.54) is 10.9 Å². The van der Waals surface area contributed by atoms with Crippen LogP contribution in [-0.2, 0) is 13.0 Å². The third-order valence-electron chi connectivity index (χ3n) is 4.07. The van der Waals surface area contributed by atoms with E-state index in [-0.39, 0.29) is 11.2 Å². The molecule has 0 aliphatic heterocycles. The summed E-state index contributed by atoms with van der Waals surface area (Å²) in [4.78, 5) is 42.1. The zero-order chi connectivity index (χ0) is 17.9. The minimum Gasteiger partial charge on any atom is -0.448 e. The summed E-state index contributed by atoms with van der Waals surface area (Å²) in [5.41, 5.74) is 1.21. The van der Waals surface area contributed by atoms with Gasteiger partial charge in [0.05, 0.1) is 12.0 Å². The molecule has 0 aliphatic rings. The van der Waals surface area contributed by atoms with Crippen molar-refractivity contribution >= 4 is 11.2 Å². The predicted octanol–water partition coefficient (Wildman–Crippen LogP) is 1.49. The molecule has 4 aromatic rings. The molecule has 0 aromatic carbocycles. The number of aromatic amines is 2. The van der Waals surface area contributed by atoms with Gasteiger partial charge in [-0.05, 0) is 25.0 Å². The molecule has 2 N–H and O–H groups in total. The van der Waals surface area contributed by atoms with Gasteiger partial charge in [-0.2, -0.15) is 0 Å². The zero-order valence-corrected chi connectivity index (χ0v) is 13.8. The first-order valence-electron chi connectivity index (χ1n) is 8.24. The molecule has 0 spiro atoms. The molecular formula is C17H16N6O3.